The number of hydrogen-bond acceptors (Lipinski definition) is 2. The second-order valence-electron chi connectivity index (χ2n) is 4.60. The Morgan fingerprint density at radius 1 is 1.12 bits per heavy atom. The number of fused-ring (bicyclic) bond motifs is 1. The van der Waals surface area contributed by atoms with Crippen LogP contribution < -0.4 is 4.74 Å². The Kier molecular flexibility index (Phi) is 3.15. The molecule has 0 aliphatic carbocycles. The van der Waals surface area contributed by atoms with Crippen molar-refractivity contribution in [1.82, 2.24) is 0 Å². The molecule has 0 saturated heterocycles. The van der Waals surface area contributed by atoms with Crippen LogP contribution in [0.5, 0.6) is 5.75 Å². The number of benzene rings is 2. The van der Waals surface area contributed by atoms with Crippen molar-refractivity contribution in [3.63, 3.8) is 0 Å². The van der Waals surface area contributed by atoms with E-state index >= 15 is 0 Å². The summed E-state index contributed by atoms with van der Waals surface area (Å²) in [5, 5.41) is 12.3. The maximum atomic E-state index is 10.1. The molecule has 0 aliphatic rings. The third-order valence-electron chi connectivity index (χ3n) is 2.78. The molecule has 0 unspecified atom stereocenters. The van der Waals surface area contributed by atoms with E-state index in [9.17, 15) is 5.11 Å². The first kappa shape index (κ1) is 12.4. The van der Waals surface area contributed by atoms with Gasteiger partial charge in [0.25, 0.3) is 0 Å². The minimum absolute atomic E-state index is 0.715. The van der Waals surface area contributed by atoms with Crippen LogP contribution in [0.4, 0.5) is 0 Å². The van der Waals surface area contributed by atoms with Gasteiger partial charge in [0, 0.05) is 10.0 Å². The zero-order valence-electron chi connectivity index (χ0n) is 10.1. The molecule has 0 bridgehead atoms. The van der Waals surface area contributed by atoms with Crippen molar-refractivity contribution in [2.24, 2.45) is 0 Å². The van der Waals surface area contributed by atoms with Gasteiger partial charge in [-0.25, -0.2) is 0 Å². The van der Waals surface area contributed by atoms with Gasteiger partial charge < -0.3 is 9.84 Å². The highest BCUT2D eigenvalue weighted by atomic mass is 79.9. The molecule has 2 nitrogen and oxygen atoms in total. The molecule has 0 atom stereocenters. The van der Waals surface area contributed by atoms with E-state index in [4.69, 9.17) is 4.74 Å². The number of aliphatic hydroxyl groups is 1. The highest BCUT2D eigenvalue weighted by Gasteiger charge is 2.21. The largest absolute Gasteiger partial charge is 0.496 e. The van der Waals surface area contributed by atoms with Crippen molar-refractivity contribution in [2.45, 2.75) is 19.4 Å². The van der Waals surface area contributed by atoms with Crippen LogP contribution in [0, 0.1) is 0 Å². The van der Waals surface area contributed by atoms with E-state index in [1.54, 1.807) is 21.0 Å². The molecule has 0 saturated carbocycles. The fourth-order valence-corrected chi connectivity index (χ4v) is 2.27. The van der Waals surface area contributed by atoms with E-state index in [1.165, 1.54) is 0 Å². The van der Waals surface area contributed by atoms with Gasteiger partial charge in [0.15, 0.2) is 0 Å². The Morgan fingerprint density at radius 2 is 1.82 bits per heavy atom. The van der Waals surface area contributed by atoms with E-state index in [0.717, 1.165) is 20.8 Å². The Balaban J connectivity index is 2.74. The van der Waals surface area contributed by atoms with E-state index in [-0.39, 0.29) is 0 Å². The molecule has 0 aromatic heterocycles. The molecule has 0 aliphatic heterocycles. The van der Waals surface area contributed by atoms with Crippen LogP contribution in [0.15, 0.2) is 34.8 Å². The minimum atomic E-state index is -0.915. The van der Waals surface area contributed by atoms with Crippen molar-refractivity contribution in [3.05, 3.63) is 40.4 Å². The Bertz CT molecular complexity index is 556. The Labute approximate surface area is 109 Å². The van der Waals surface area contributed by atoms with Crippen LogP contribution in [0.2, 0.25) is 0 Å². The van der Waals surface area contributed by atoms with Crippen molar-refractivity contribution < 1.29 is 9.84 Å². The fourth-order valence-electron chi connectivity index (χ4n) is 1.89. The average Bonchev–Trinajstić information content (AvgIpc) is 2.26. The van der Waals surface area contributed by atoms with Crippen LogP contribution in [-0.4, -0.2) is 12.2 Å². The van der Waals surface area contributed by atoms with E-state index in [2.05, 4.69) is 15.9 Å². The molecule has 2 rings (SSSR count). The normalized spacial score (nSPS) is 11.8. The maximum absolute atomic E-state index is 10.1. The molecule has 90 valence electrons. The second-order valence-corrected chi connectivity index (χ2v) is 5.52. The number of methoxy groups -OCH3 is 1. The first-order valence-corrected chi connectivity index (χ1v) is 6.21. The molecule has 2 aromatic carbocycles. The maximum Gasteiger partial charge on any atom is 0.125 e. The zero-order valence-corrected chi connectivity index (χ0v) is 11.7. The zero-order chi connectivity index (χ0) is 12.6. The number of hydrogen-bond donors (Lipinski definition) is 1. The third-order valence-corrected chi connectivity index (χ3v) is 3.27. The second kappa shape index (κ2) is 4.31. The fraction of sp³-hybridized carbons (Fsp3) is 0.286. The van der Waals surface area contributed by atoms with Crippen LogP contribution in [0.1, 0.15) is 19.4 Å². The molecule has 2 aromatic rings. The molecule has 1 N–H and O–H groups in total. The minimum Gasteiger partial charge on any atom is -0.496 e. The number of rotatable bonds is 2. The van der Waals surface area contributed by atoms with Crippen molar-refractivity contribution >= 4 is 26.7 Å². The van der Waals surface area contributed by atoms with Crippen LogP contribution in [0.25, 0.3) is 10.8 Å². The predicted molar refractivity (Wildman–Crippen MR) is 73.4 cm³/mol. The van der Waals surface area contributed by atoms with Crippen molar-refractivity contribution in [2.75, 3.05) is 7.11 Å². The third kappa shape index (κ3) is 2.45. The summed E-state index contributed by atoms with van der Waals surface area (Å²) in [6.07, 6.45) is 0. The van der Waals surface area contributed by atoms with Gasteiger partial charge in [-0.2, -0.15) is 0 Å². The summed E-state index contributed by atoms with van der Waals surface area (Å²) < 4.78 is 6.36. The van der Waals surface area contributed by atoms with Gasteiger partial charge in [0.1, 0.15) is 5.75 Å². The monoisotopic (exact) mass is 294 g/mol. The standard InChI is InChI=1S/C14H15BrO2/c1-14(2,16)12-7-10-6-11(15)5-4-9(10)8-13(12)17-3/h4-8,16H,1-3H3. The Hall–Kier alpha value is -1.06. The van der Waals surface area contributed by atoms with Gasteiger partial charge >= 0.3 is 0 Å². The number of ether oxygens (including phenoxy) is 1. The first-order chi connectivity index (χ1) is 7.91. The van der Waals surface area contributed by atoms with Gasteiger partial charge in [-0.15, -0.1) is 0 Å². The highest BCUT2D eigenvalue weighted by molar-refractivity contribution is 9.10. The quantitative estimate of drug-likeness (QED) is 0.912. The lowest BCUT2D eigenvalue weighted by molar-refractivity contribution is 0.0758. The molecule has 0 fully saturated rings. The molecule has 0 spiro atoms. The summed E-state index contributed by atoms with van der Waals surface area (Å²) in [5.41, 5.74) is -0.118. The smallest absolute Gasteiger partial charge is 0.125 e. The van der Waals surface area contributed by atoms with Crippen LogP contribution >= 0.6 is 15.9 Å². The lowest BCUT2D eigenvalue weighted by Gasteiger charge is -2.21. The van der Waals surface area contributed by atoms with Crippen LogP contribution in [-0.2, 0) is 5.60 Å². The van der Waals surface area contributed by atoms with Gasteiger partial charge in [-0.05, 0) is 48.9 Å². The first-order valence-electron chi connectivity index (χ1n) is 5.42. The molecular weight excluding hydrogens is 280 g/mol. The van der Waals surface area contributed by atoms with Crippen LogP contribution in [0.3, 0.4) is 0 Å². The summed E-state index contributed by atoms with van der Waals surface area (Å²) in [7, 11) is 1.62. The molecule has 0 amide bonds. The molecule has 0 radical (unpaired) electrons. The topological polar surface area (TPSA) is 29.5 Å². The molecular formula is C14H15BrO2. The van der Waals surface area contributed by atoms with Crippen molar-refractivity contribution in [3.8, 4) is 5.75 Å². The van der Waals surface area contributed by atoms with Crippen molar-refractivity contribution in [1.29, 1.82) is 0 Å². The van der Waals surface area contributed by atoms with Gasteiger partial charge in [-0.3, -0.25) is 0 Å². The summed E-state index contributed by atoms with van der Waals surface area (Å²) in [4.78, 5) is 0. The van der Waals surface area contributed by atoms with E-state index < -0.39 is 5.60 Å². The van der Waals surface area contributed by atoms with E-state index in [1.807, 2.05) is 30.3 Å². The number of halogens is 1. The van der Waals surface area contributed by atoms with Gasteiger partial charge in [0.05, 0.1) is 12.7 Å². The highest BCUT2D eigenvalue weighted by Crippen LogP contribution is 2.34. The summed E-state index contributed by atoms with van der Waals surface area (Å²) in [6.45, 7) is 3.52. The lowest BCUT2D eigenvalue weighted by atomic mass is 9.94. The average molecular weight is 295 g/mol. The summed E-state index contributed by atoms with van der Waals surface area (Å²) >= 11 is 3.45. The Morgan fingerprint density at radius 3 is 2.41 bits per heavy atom. The molecule has 3 heteroatoms. The van der Waals surface area contributed by atoms with Gasteiger partial charge in [-0.1, -0.05) is 22.0 Å². The summed E-state index contributed by atoms with van der Waals surface area (Å²) in [5.74, 6) is 0.715. The molecule has 0 heterocycles. The predicted octanol–water partition coefficient (Wildman–Crippen LogP) is 3.84. The van der Waals surface area contributed by atoms with Gasteiger partial charge in [0.2, 0.25) is 0 Å². The SMILES string of the molecule is COc1cc2ccc(Br)cc2cc1C(C)(C)O. The van der Waals surface area contributed by atoms with E-state index in [0.29, 0.717) is 5.75 Å². The lowest BCUT2D eigenvalue weighted by Crippen LogP contribution is -2.16. The summed E-state index contributed by atoms with van der Waals surface area (Å²) in [6, 6.07) is 9.97. The molecule has 17 heavy (non-hydrogen) atoms.